The number of nitrogens with one attached hydrogen (secondary N) is 1. The fraction of sp³-hybridized carbons (Fsp3) is 0.500. The molecule has 2 rings (SSSR count). The highest BCUT2D eigenvalue weighted by molar-refractivity contribution is 8.04. The van der Waals surface area contributed by atoms with Crippen molar-refractivity contribution in [3.8, 4) is 6.07 Å². The van der Waals surface area contributed by atoms with Gasteiger partial charge in [-0.15, -0.1) is 0 Å². The van der Waals surface area contributed by atoms with Gasteiger partial charge in [0, 0.05) is 25.4 Å². The Bertz CT molecular complexity index is 520. The van der Waals surface area contributed by atoms with E-state index in [9.17, 15) is 5.26 Å². The number of thioether (sulfide) groups is 1. The van der Waals surface area contributed by atoms with Gasteiger partial charge in [-0.3, -0.25) is 0 Å². The molecule has 2 heterocycles. The highest BCUT2D eigenvalue weighted by Crippen LogP contribution is 2.48. The highest BCUT2D eigenvalue weighted by atomic mass is 32.2. The van der Waals surface area contributed by atoms with Crippen LogP contribution in [0.25, 0.3) is 0 Å². The number of rotatable bonds is 2. The minimum absolute atomic E-state index is 0.248. The number of hydrogen-bond donors (Lipinski definition) is 1. The molecule has 96 valence electrons. The Morgan fingerprint density at radius 1 is 1.44 bits per heavy atom. The van der Waals surface area contributed by atoms with E-state index in [4.69, 9.17) is 0 Å². The van der Waals surface area contributed by atoms with Crippen molar-refractivity contribution in [1.82, 2.24) is 10.2 Å². The van der Waals surface area contributed by atoms with Crippen LogP contribution in [0.2, 0.25) is 0 Å². The third-order valence-corrected chi connectivity index (χ3v) is 5.26. The molecule has 3 nitrogen and oxygen atoms in total. The molecule has 0 bridgehead atoms. The lowest BCUT2D eigenvalue weighted by Gasteiger charge is -2.35. The van der Waals surface area contributed by atoms with E-state index in [1.165, 1.54) is 22.4 Å². The van der Waals surface area contributed by atoms with E-state index >= 15 is 0 Å². The van der Waals surface area contributed by atoms with E-state index in [0.717, 1.165) is 17.0 Å². The fourth-order valence-electron chi connectivity index (χ4n) is 2.76. The number of allylic oxidation sites excluding steroid dienone is 3. The Morgan fingerprint density at radius 2 is 2.11 bits per heavy atom. The van der Waals surface area contributed by atoms with Gasteiger partial charge < -0.3 is 10.2 Å². The maximum atomic E-state index is 9.41. The van der Waals surface area contributed by atoms with E-state index in [0.29, 0.717) is 0 Å². The van der Waals surface area contributed by atoms with Crippen LogP contribution >= 0.6 is 11.8 Å². The SMILES string of the molecule is CCC1=C(C)N(C)C2SC(NC)=C(C#N)C2=C1C. The monoisotopic (exact) mass is 261 g/mol. The van der Waals surface area contributed by atoms with Crippen LogP contribution in [0, 0.1) is 11.3 Å². The van der Waals surface area contributed by atoms with E-state index in [1.54, 1.807) is 11.8 Å². The molecule has 0 saturated carbocycles. The Kier molecular flexibility index (Phi) is 3.45. The normalized spacial score (nSPS) is 23.6. The minimum Gasteiger partial charge on any atom is -0.382 e. The van der Waals surface area contributed by atoms with Gasteiger partial charge in [0.15, 0.2) is 0 Å². The van der Waals surface area contributed by atoms with E-state index in [2.05, 4.69) is 44.1 Å². The summed E-state index contributed by atoms with van der Waals surface area (Å²) in [6, 6.07) is 2.36. The molecule has 2 aliphatic heterocycles. The first-order valence-corrected chi connectivity index (χ1v) is 7.07. The van der Waals surface area contributed by atoms with Crippen molar-refractivity contribution in [1.29, 1.82) is 5.26 Å². The molecule has 0 saturated heterocycles. The zero-order valence-corrected chi connectivity index (χ0v) is 12.4. The summed E-state index contributed by atoms with van der Waals surface area (Å²) in [4.78, 5) is 2.29. The number of likely N-dealkylation sites (N-methyl/N-ethyl adjacent to an activating group) is 1. The lowest BCUT2D eigenvalue weighted by molar-refractivity contribution is 0.414. The molecule has 4 heteroatoms. The van der Waals surface area contributed by atoms with E-state index in [1.807, 2.05) is 7.05 Å². The van der Waals surface area contributed by atoms with Crippen LogP contribution < -0.4 is 5.32 Å². The molecule has 0 aliphatic carbocycles. The summed E-state index contributed by atoms with van der Waals surface area (Å²) < 4.78 is 0. The summed E-state index contributed by atoms with van der Waals surface area (Å²) >= 11 is 1.74. The second kappa shape index (κ2) is 4.74. The van der Waals surface area contributed by atoms with Gasteiger partial charge >= 0.3 is 0 Å². The Labute approximate surface area is 113 Å². The largest absolute Gasteiger partial charge is 0.382 e. The first-order valence-electron chi connectivity index (χ1n) is 6.19. The zero-order chi connectivity index (χ0) is 13.4. The summed E-state index contributed by atoms with van der Waals surface area (Å²) in [6.07, 6.45) is 1.01. The van der Waals surface area contributed by atoms with Gasteiger partial charge in [0.25, 0.3) is 0 Å². The van der Waals surface area contributed by atoms with Crippen molar-refractivity contribution in [2.75, 3.05) is 14.1 Å². The van der Waals surface area contributed by atoms with Crippen LogP contribution in [0.1, 0.15) is 27.2 Å². The number of fused-ring (bicyclic) bond motifs is 1. The molecule has 1 unspecified atom stereocenters. The van der Waals surface area contributed by atoms with Crippen LogP contribution in [0.3, 0.4) is 0 Å². The molecule has 0 aromatic carbocycles. The lowest BCUT2D eigenvalue weighted by atomic mass is 9.90. The van der Waals surface area contributed by atoms with Crippen LogP contribution in [-0.2, 0) is 0 Å². The summed E-state index contributed by atoms with van der Waals surface area (Å²) in [6.45, 7) is 6.49. The van der Waals surface area contributed by atoms with Gasteiger partial charge in [0.05, 0.1) is 10.6 Å². The smallest absolute Gasteiger partial charge is 0.108 e. The maximum Gasteiger partial charge on any atom is 0.108 e. The van der Waals surface area contributed by atoms with Crippen molar-refractivity contribution < 1.29 is 0 Å². The average Bonchev–Trinajstić information content (AvgIpc) is 2.75. The molecule has 0 aromatic heterocycles. The topological polar surface area (TPSA) is 39.1 Å². The molecule has 0 spiro atoms. The van der Waals surface area contributed by atoms with Crippen molar-refractivity contribution >= 4 is 11.8 Å². The molecule has 1 atom stereocenters. The first kappa shape index (κ1) is 13.1. The molecule has 0 aromatic rings. The van der Waals surface area contributed by atoms with Crippen molar-refractivity contribution in [3.63, 3.8) is 0 Å². The molecule has 0 fully saturated rings. The first-order chi connectivity index (χ1) is 8.56. The molecule has 2 aliphatic rings. The van der Waals surface area contributed by atoms with E-state index < -0.39 is 0 Å². The predicted molar refractivity (Wildman–Crippen MR) is 76.5 cm³/mol. The van der Waals surface area contributed by atoms with Gasteiger partial charge in [-0.05, 0) is 31.4 Å². The van der Waals surface area contributed by atoms with Gasteiger partial charge in [-0.1, -0.05) is 18.7 Å². The summed E-state index contributed by atoms with van der Waals surface area (Å²) in [5.74, 6) is 0. The van der Waals surface area contributed by atoms with Crippen LogP contribution in [-0.4, -0.2) is 24.4 Å². The zero-order valence-electron chi connectivity index (χ0n) is 11.6. The molecular weight excluding hydrogens is 242 g/mol. The number of nitrogens with zero attached hydrogens (tertiary/aromatic N) is 2. The quantitative estimate of drug-likeness (QED) is 0.829. The minimum atomic E-state index is 0.248. The molecule has 0 amide bonds. The summed E-state index contributed by atoms with van der Waals surface area (Å²) in [7, 11) is 4.00. The van der Waals surface area contributed by atoms with Crippen molar-refractivity contribution in [2.45, 2.75) is 32.6 Å². The fourth-order valence-corrected chi connectivity index (χ4v) is 4.10. The van der Waals surface area contributed by atoms with Gasteiger partial charge in [-0.25, -0.2) is 0 Å². The van der Waals surface area contributed by atoms with Crippen molar-refractivity contribution in [2.24, 2.45) is 0 Å². The Balaban J connectivity index is 2.63. The highest BCUT2D eigenvalue weighted by Gasteiger charge is 2.38. The van der Waals surface area contributed by atoms with Crippen molar-refractivity contribution in [3.05, 3.63) is 33.0 Å². The van der Waals surface area contributed by atoms with Gasteiger partial charge in [0.1, 0.15) is 11.4 Å². The molecule has 1 N–H and O–H groups in total. The second-order valence-corrected chi connectivity index (χ2v) is 5.69. The maximum absolute atomic E-state index is 9.41. The molecule has 0 radical (unpaired) electrons. The number of nitriles is 1. The average molecular weight is 261 g/mol. The molecule has 18 heavy (non-hydrogen) atoms. The van der Waals surface area contributed by atoms with Gasteiger partial charge in [0.2, 0.25) is 0 Å². The molecular formula is C14H19N3S. The second-order valence-electron chi connectivity index (χ2n) is 4.60. The van der Waals surface area contributed by atoms with Crippen LogP contribution in [0.5, 0.6) is 0 Å². The van der Waals surface area contributed by atoms with Crippen LogP contribution in [0.4, 0.5) is 0 Å². The lowest BCUT2D eigenvalue weighted by Crippen LogP contribution is -2.32. The van der Waals surface area contributed by atoms with Gasteiger partial charge in [-0.2, -0.15) is 5.26 Å². The third kappa shape index (κ3) is 1.65. The Morgan fingerprint density at radius 3 is 2.61 bits per heavy atom. The summed E-state index contributed by atoms with van der Waals surface area (Å²) in [5, 5.41) is 13.8. The third-order valence-electron chi connectivity index (χ3n) is 3.84. The van der Waals surface area contributed by atoms with Crippen LogP contribution in [0.15, 0.2) is 33.0 Å². The standard InChI is InChI=1S/C14H19N3S/c1-6-10-8(2)12-11(7-15)13(16-4)18-14(12)17(5)9(10)3/h14,16H,6H2,1-5H3. The Hall–Kier alpha value is -1.34. The predicted octanol–water partition coefficient (Wildman–Crippen LogP) is 2.96. The van der Waals surface area contributed by atoms with E-state index in [-0.39, 0.29) is 5.37 Å². The summed E-state index contributed by atoms with van der Waals surface area (Å²) in [5.41, 5.74) is 5.99. The number of hydrogen-bond acceptors (Lipinski definition) is 4.